The lowest BCUT2D eigenvalue weighted by Gasteiger charge is -2.08. The zero-order valence-corrected chi connectivity index (χ0v) is 13.1. The molecule has 0 aliphatic carbocycles. The zero-order chi connectivity index (χ0) is 16.4. The van der Waals surface area contributed by atoms with Crippen LogP contribution < -0.4 is 10.9 Å². The molecule has 6 nitrogen and oxygen atoms in total. The Labute approximate surface area is 135 Å². The number of amides is 1. The Hall–Kier alpha value is -2.98. The first kappa shape index (κ1) is 14.9. The first-order valence-corrected chi connectivity index (χ1v) is 7.70. The molecule has 0 aliphatic heterocycles. The van der Waals surface area contributed by atoms with Gasteiger partial charge in [0.2, 0.25) is 5.91 Å². The number of thiophene rings is 1. The molecule has 3 rings (SSSR count). The molecule has 0 spiro atoms. The molecule has 0 saturated heterocycles. The van der Waals surface area contributed by atoms with Crippen LogP contribution in [0.1, 0.15) is 11.1 Å². The fourth-order valence-electron chi connectivity index (χ4n) is 2.27. The van der Waals surface area contributed by atoms with Gasteiger partial charge in [-0.2, -0.15) is 5.26 Å². The molecule has 0 bridgehead atoms. The standard InChI is InChI=1S/C16H12N4O2S/c1-10-3-2-4-12-14(10)18-9-20(16(12)22)8-13(21)19-15-11(7-17)5-6-23-15/h2-6,9H,8H2,1H3,(H,19,21). The SMILES string of the molecule is Cc1cccc2c(=O)n(CC(=O)Nc3sccc3C#N)cnc12. The monoisotopic (exact) mass is 324 g/mol. The Morgan fingerprint density at radius 3 is 3.04 bits per heavy atom. The summed E-state index contributed by atoms with van der Waals surface area (Å²) in [4.78, 5) is 28.8. The number of hydrogen-bond acceptors (Lipinski definition) is 5. The highest BCUT2D eigenvalue weighted by atomic mass is 32.1. The second-order valence-electron chi connectivity index (χ2n) is 4.97. The number of aryl methyl sites for hydroxylation is 1. The molecule has 0 unspecified atom stereocenters. The number of nitrogens with zero attached hydrogens (tertiary/aromatic N) is 3. The van der Waals surface area contributed by atoms with Gasteiger partial charge in [-0.05, 0) is 30.0 Å². The second-order valence-corrected chi connectivity index (χ2v) is 5.89. The van der Waals surface area contributed by atoms with E-state index >= 15 is 0 Å². The fourth-order valence-corrected chi connectivity index (χ4v) is 3.02. The molecule has 23 heavy (non-hydrogen) atoms. The van der Waals surface area contributed by atoms with Gasteiger partial charge in [0.15, 0.2) is 0 Å². The summed E-state index contributed by atoms with van der Waals surface area (Å²) in [6.45, 7) is 1.73. The molecule has 2 heterocycles. The highest BCUT2D eigenvalue weighted by molar-refractivity contribution is 7.14. The van der Waals surface area contributed by atoms with E-state index < -0.39 is 0 Å². The number of fused-ring (bicyclic) bond motifs is 1. The lowest BCUT2D eigenvalue weighted by molar-refractivity contribution is -0.116. The number of rotatable bonds is 3. The highest BCUT2D eigenvalue weighted by Crippen LogP contribution is 2.22. The molecule has 1 N–H and O–H groups in total. The summed E-state index contributed by atoms with van der Waals surface area (Å²) in [5.41, 5.74) is 1.69. The lowest BCUT2D eigenvalue weighted by Crippen LogP contribution is -2.28. The van der Waals surface area contributed by atoms with E-state index in [0.29, 0.717) is 21.5 Å². The van der Waals surface area contributed by atoms with E-state index in [1.54, 1.807) is 23.6 Å². The number of aromatic nitrogens is 2. The van der Waals surface area contributed by atoms with Crippen LogP contribution in [0.15, 0.2) is 40.8 Å². The van der Waals surface area contributed by atoms with Crippen molar-refractivity contribution in [2.24, 2.45) is 0 Å². The van der Waals surface area contributed by atoms with Gasteiger partial charge in [0.05, 0.1) is 22.8 Å². The Morgan fingerprint density at radius 1 is 1.43 bits per heavy atom. The number of carbonyl (C=O) groups is 1. The van der Waals surface area contributed by atoms with Crippen LogP contribution in [-0.2, 0) is 11.3 Å². The van der Waals surface area contributed by atoms with Crippen molar-refractivity contribution in [3.63, 3.8) is 0 Å². The van der Waals surface area contributed by atoms with Crippen LogP contribution in [-0.4, -0.2) is 15.5 Å². The summed E-state index contributed by atoms with van der Waals surface area (Å²) in [6, 6.07) is 9.00. The number of nitrogens with one attached hydrogen (secondary N) is 1. The van der Waals surface area contributed by atoms with E-state index in [1.165, 1.54) is 22.2 Å². The third-order valence-electron chi connectivity index (χ3n) is 3.41. The fraction of sp³-hybridized carbons (Fsp3) is 0.125. The smallest absolute Gasteiger partial charge is 0.261 e. The van der Waals surface area contributed by atoms with Gasteiger partial charge in [-0.25, -0.2) is 4.98 Å². The predicted octanol–water partition coefficient (Wildman–Crippen LogP) is 2.28. The van der Waals surface area contributed by atoms with Crippen LogP contribution in [0, 0.1) is 18.3 Å². The van der Waals surface area contributed by atoms with Gasteiger partial charge < -0.3 is 5.32 Å². The molecular formula is C16H12N4O2S. The van der Waals surface area contributed by atoms with E-state index in [2.05, 4.69) is 10.3 Å². The maximum atomic E-state index is 12.4. The van der Waals surface area contributed by atoms with E-state index in [0.717, 1.165) is 5.56 Å². The molecule has 0 saturated carbocycles. The number of hydrogen-bond donors (Lipinski definition) is 1. The minimum Gasteiger partial charge on any atom is -0.315 e. The summed E-state index contributed by atoms with van der Waals surface area (Å²) in [6.07, 6.45) is 1.37. The van der Waals surface area contributed by atoms with Gasteiger partial charge in [0.25, 0.3) is 5.56 Å². The average Bonchev–Trinajstić information content (AvgIpc) is 2.98. The molecule has 0 aliphatic rings. The predicted molar refractivity (Wildman–Crippen MR) is 88.4 cm³/mol. The van der Waals surface area contributed by atoms with Crippen molar-refractivity contribution < 1.29 is 4.79 Å². The van der Waals surface area contributed by atoms with Crippen LogP contribution in [0.2, 0.25) is 0 Å². The van der Waals surface area contributed by atoms with Crippen LogP contribution in [0.3, 0.4) is 0 Å². The van der Waals surface area contributed by atoms with Crippen LogP contribution in [0.25, 0.3) is 10.9 Å². The summed E-state index contributed by atoms with van der Waals surface area (Å²) in [7, 11) is 0. The van der Waals surface area contributed by atoms with E-state index in [4.69, 9.17) is 5.26 Å². The molecule has 7 heteroatoms. The zero-order valence-electron chi connectivity index (χ0n) is 12.2. The third kappa shape index (κ3) is 2.84. The van der Waals surface area contributed by atoms with Crippen molar-refractivity contribution in [1.29, 1.82) is 5.26 Å². The van der Waals surface area contributed by atoms with Crippen molar-refractivity contribution in [3.05, 3.63) is 57.5 Å². The van der Waals surface area contributed by atoms with Crippen LogP contribution >= 0.6 is 11.3 Å². The lowest BCUT2D eigenvalue weighted by atomic mass is 10.1. The largest absolute Gasteiger partial charge is 0.315 e. The summed E-state index contributed by atoms with van der Waals surface area (Å²) in [5.74, 6) is -0.375. The molecule has 0 atom stereocenters. The van der Waals surface area contributed by atoms with Crippen molar-refractivity contribution in [2.45, 2.75) is 13.5 Å². The number of nitriles is 1. The van der Waals surface area contributed by atoms with Crippen LogP contribution in [0.5, 0.6) is 0 Å². The molecule has 1 aromatic carbocycles. The van der Waals surface area contributed by atoms with Gasteiger partial charge in [-0.3, -0.25) is 14.2 Å². The highest BCUT2D eigenvalue weighted by Gasteiger charge is 2.11. The van der Waals surface area contributed by atoms with E-state index in [-0.39, 0.29) is 18.0 Å². The first-order valence-electron chi connectivity index (χ1n) is 6.82. The van der Waals surface area contributed by atoms with Crippen molar-refractivity contribution in [1.82, 2.24) is 9.55 Å². The molecule has 0 fully saturated rings. The van der Waals surface area contributed by atoms with Crippen molar-refractivity contribution >= 4 is 33.1 Å². The molecule has 114 valence electrons. The van der Waals surface area contributed by atoms with Crippen LogP contribution in [0.4, 0.5) is 5.00 Å². The van der Waals surface area contributed by atoms with Crippen molar-refractivity contribution in [2.75, 3.05) is 5.32 Å². The first-order chi connectivity index (χ1) is 11.1. The number of benzene rings is 1. The number of para-hydroxylation sites is 1. The number of carbonyl (C=O) groups excluding carboxylic acids is 1. The normalized spacial score (nSPS) is 10.4. The average molecular weight is 324 g/mol. The van der Waals surface area contributed by atoms with Gasteiger partial charge in [-0.15, -0.1) is 11.3 Å². The van der Waals surface area contributed by atoms with Gasteiger partial charge in [0, 0.05) is 0 Å². The topological polar surface area (TPSA) is 87.8 Å². The van der Waals surface area contributed by atoms with Crippen molar-refractivity contribution in [3.8, 4) is 6.07 Å². The summed E-state index contributed by atoms with van der Waals surface area (Å²) >= 11 is 1.26. The Morgan fingerprint density at radius 2 is 2.26 bits per heavy atom. The van der Waals surface area contributed by atoms with E-state index in [1.807, 2.05) is 19.1 Å². The Balaban J connectivity index is 1.87. The quantitative estimate of drug-likeness (QED) is 0.800. The molecular weight excluding hydrogens is 312 g/mol. The molecule has 0 radical (unpaired) electrons. The van der Waals surface area contributed by atoms with E-state index in [9.17, 15) is 9.59 Å². The number of anilines is 1. The molecule has 1 amide bonds. The maximum Gasteiger partial charge on any atom is 0.261 e. The van der Waals surface area contributed by atoms with Gasteiger partial charge >= 0.3 is 0 Å². The minimum atomic E-state index is -0.375. The Kier molecular flexibility index (Phi) is 3.91. The van der Waals surface area contributed by atoms with Gasteiger partial charge in [0.1, 0.15) is 17.6 Å². The third-order valence-corrected chi connectivity index (χ3v) is 4.24. The van der Waals surface area contributed by atoms with Gasteiger partial charge in [-0.1, -0.05) is 12.1 Å². The minimum absolute atomic E-state index is 0.154. The summed E-state index contributed by atoms with van der Waals surface area (Å²) in [5, 5.41) is 14.3. The second kappa shape index (κ2) is 6.02. The summed E-state index contributed by atoms with van der Waals surface area (Å²) < 4.78 is 1.26. The Bertz CT molecular complexity index is 997. The molecule has 3 aromatic rings. The maximum absolute atomic E-state index is 12.4. The molecule has 2 aromatic heterocycles.